The van der Waals surface area contributed by atoms with Gasteiger partial charge in [0, 0.05) is 41.7 Å². The highest BCUT2D eigenvalue weighted by molar-refractivity contribution is 7.92. The maximum Gasteiger partial charge on any atom is 0.242 e. The van der Waals surface area contributed by atoms with E-state index >= 15 is 0 Å². The normalized spacial score (nSPS) is 12.1. The van der Waals surface area contributed by atoms with Crippen molar-refractivity contribution < 1.29 is 22.7 Å². The van der Waals surface area contributed by atoms with E-state index in [-0.39, 0.29) is 37.7 Å². The minimum atomic E-state index is -3.65. The van der Waals surface area contributed by atoms with E-state index in [4.69, 9.17) is 27.9 Å². The first-order valence-electron chi connectivity index (χ1n) is 13.2. The molecule has 0 spiro atoms. The molecular formula is C28H39Cl2N3O5S. The van der Waals surface area contributed by atoms with Gasteiger partial charge in [0.25, 0.3) is 0 Å². The monoisotopic (exact) mass is 599 g/mol. The van der Waals surface area contributed by atoms with E-state index in [2.05, 4.69) is 5.32 Å². The van der Waals surface area contributed by atoms with E-state index < -0.39 is 16.1 Å². The Balaban J connectivity index is 2.29. The van der Waals surface area contributed by atoms with Crippen molar-refractivity contribution in [3.05, 3.63) is 58.1 Å². The van der Waals surface area contributed by atoms with Gasteiger partial charge >= 0.3 is 0 Å². The largest absolute Gasteiger partial charge is 0.492 e. The Bertz CT molecular complexity index is 1190. The van der Waals surface area contributed by atoms with E-state index in [1.165, 1.54) is 9.21 Å². The summed E-state index contributed by atoms with van der Waals surface area (Å²) < 4.78 is 32.2. The second kappa shape index (κ2) is 15.9. The van der Waals surface area contributed by atoms with Gasteiger partial charge in [0.2, 0.25) is 21.8 Å². The minimum absolute atomic E-state index is 0.0175. The van der Waals surface area contributed by atoms with Crippen LogP contribution < -0.4 is 14.4 Å². The number of carbonyl (C=O) groups is 2. The first-order chi connectivity index (χ1) is 18.5. The van der Waals surface area contributed by atoms with Crippen LogP contribution in [-0.2, 0) is 26.2 Å². The number of carbonyl (C=O) groups excluding carboxylic acids is 2. The third-order valence-electron chi connectivity index (χ3n) is 6.19. The molecule has 0 fully saturated rings. The fourth-order valence-corrected chi connectivity index (χ4v) is 5.69. The summed E-state index contributed by atoms with van der Waals surface area (Å²) >= 11 is 12.8. The number of hydrogen-bond acceptors (Lipinski definition) is 5. The molecule has 0 bridgehead atoms. The third kappa shape index (κ3) is 9.58. The zero-order chi connectivity index (χ0) is 29.0. The Labute approximate surface area is 242 Å². The number of nitrogens with one attached hydrogen (secondary N) is 1. The van der Waals surface area contributed by atoms with Gasteiger partial charge in [-0.2, -0.15) is 0 Å². The van der Waals surface area contributed by atoms with Crippen LogP contribution in [0.1, 0.15) is 58.4 Å². The standard InChI is InChI=1S/C28H39Cl2N3O5S/c1-5-8-18-31-28(35)24(6-2)32(20-21-22(29)13-11-14-23(21)30)27(34)17-12-19-33(39(4,36)37)25-15-9-10-16-26(25)38-7-3/h9-11,13-16,24H,5-8,12,17-20H2,1-4H3,(H,31,35). The predicted molar refractivity (Wildman–Crippen MR) is 158 cm³/mol. The molecule has 8 nitrogen and oxygen atoms in total. The maximum atomic E-state index is 13.6. The summed E-state index contributed by atoms with van der Waals surface area (Å²) in [6, 6.07) is 11.3. The van der Waals surface area contributed by atoms with Crippen molar-refractivity contribution >= 4 is 50.7 Å². The number of para-hydroxylation sites is 2. The van der Waals surface area contributed by atoms with Crippen LogP contribution in [0.15, 0.2) is 42.5 Å². The smallest absolute Gasteiger partial charge is 0.242 e. The molecule has 0 aliphatic rings. The van der Waals surface area contributed by atoms with Gasteiger partial charge in [0.1, 0.15) is 11.8 Å². The van der Waals surface area contributed by atoms with Gasteiger partial charge < -0.3 is 15.0 Å². The molecule has 2 rings (SSSR count). The summed E-state index contributed by atoms with van der Waals surface area (Å²) in [6.07, 6.45) is 3.52. The number of rotatable bonds is 16. The molecule has 1 N–H and O–H groups in total. The van der Waals surface area contributed by atoms with Gasteiger partial charge in [0.05, 0.1) is 18.6 Å². The van der Waals surface area contributed by atoms with Gasteiger partial charge in [-0.05, 0) is 50.5 Å². The Kier molecular flexibility index (Phi) is 13.4. The number of hydrogen-bond donors (Lipinski definition) is 1. The topological polar surface area (TPSA) is 96.0 Å². The molecule has 2 amide bonds. The molecule has 0 saturated carbocycles. The molecule has 1 unspecified atom stereocenters. The van der Waals surface area contributed by atoms with Crippen molar-refractivity contribution in [2.24, 2.45) is 0 Å². The SMILES string of the molecule is CCCCNC(=O)C(CC)N(Cc1c(Cl)cccc1Cl)C(=O)CCCN(c1ccccc1OCC)S(C)(=O)=O. The van der Waals surface area contributed by atoms with Crippen molar-refractivity contribution in [2.75, 3.05) is 30.3 Å². The van der Waals surface area contributed by atoms with Crippen LogP contribution in [0.25, 0.3) is 0 Å². The molecule has 0 aromatic heterocycles. The lowest BCUT2D eigenvalue weighted by Gasteiger charge is -2.31. The summed E-state index contributed by atoms with van der Waals surface area (Å²) in [5.74, 6) is -0.0950. The van der Waals surface area contributed by atoms with Crippen molar-refractivity contribution in [3.8, 4) is 5.75 Å². The van der Waals surface area contributed by atoms with Crippen LogP contribution in [0.3, 0.4) is 0 Å². The zero-order valence-electron chi connectivity index (χ0n) is 23.1. The number of amides is 2. The van der Waals surface area contributed by atoms with Gasteiger partial charge in [0.15, 0.2) is 0 Å². The summed E-state index contributed by atoms with van der Waals surface area (Å²) in [4.78, 5) is 28.2. The first kappa shape index (κ1) is 32.7. The lowest BCUT2D eigenvalue weighted by Crippen LogP contribution is -2.49. The quantitative estimate of drug-likeness (QED) is 0.251. The fraction of sp³-hybridized carbons (Fsp3) is 0.500. The average Bonchev–Trinajstić information content (AvgIpc) is 2.88. The zero-order valence-corrected chi connectivity index (χ0v) is 25.4. The molecular weight excluding hydrogens is 561 g/mol. The van der Waals surface area contributed by atoms with Crippen molar-refractivity contribution in [2.45, 2.75) is 65.5 Å². The average molecular weight is 601 g/mol. The molecule has 0 heterocycles. The summed E-state index contributed by atoms with van der Waals surface area (Å²) in [5, 5.41) is 3.72. The molecule has 1 atom stereocenters. The van der Waals surface area contributed by atoms with Gasteiger partial charge in [-0.3, -0.25) is 13.9 Å². The van der Waals surface area contributed by atoms with E-state index in [0.29, 0.717) is 46.6 Å². The second-order valence-corrected chi connectivity index (χ2v) is 11.9. The number of anilines is 1. The van der Waals surface area contributed by atoms with Gasteiger partial charge in [-0.1, -0.05) is 61.7 Å². The number of sulfonamides is 1. The van der Waals surface area contributed by atoms with Crippen LogP contribution in [0, 0.1) is 0 Å². The molecule has 2 aromatic carbocycles. The molecule has 11 heteroatoms. The van der Waals surface area contributed by atoms with E-state index in [1.54, 1.807) is 42.5 Å². The minimum Gasteiger partial charge on any atom is -0.492 e. The molecule has 0 radical (unpaired) electrons. The van der Waals surface area contributed by atoms with Crippen LogP contribution in [0.2, 0.25) is 10.0 Å². The number of nitrogens with zero attached hydrogens (tertiary/aromatic N) is 2. The third-order valence-corrected chi connectivity index (χ3v) is 8.08. The van der Waals surface area contributed by atoms with E-state index in [1.807, 2.05) is 20.8 Å². The highest BCUT2D eigenvalue weighted by Gasteiger charge is 2.30. The number of ether oxygens (including phenoxy) is 1. The molecule has 0 aliphatic carbocycles. The lowest BCUT2D eigenvalue weighted by molar-refractivity contribution is -0.141. The molecule has 39 heavy (non-hydrogen) atoms. The van der Waals surface area contributed by atoms with Crippen molar-refractivity contribution in [1.82, 2.24) is 10.2 Å². The Hall–Kier alpha value is -2.49. The summed E-state index contributed by atoms with van der Waals surface area (Å²) in [5.41, 5.74) is 0.966. The van der Waals surface area contributed by atoms with Gasteiger partial charge in [-0.15, -0.1) is 0 Å². The van der Waals surface area contributed by atoms with Crippen LogP contribution in [-0.4, -0.2) is 57.1 Å². The summed E-state index contributed by atoms with van der Waals surface area (Å²) in [6.45, 7) is 6.71. The van der Waals surface area contributed by atoms with Crippen LogP contribution in [0.5, 0.6) is 5.75 Å². The number of halogens is 2. The van der Waals surface area contributed by atoms with Crippen molar-refractivity contribution in [3.63, 3.8) is 0 Å². The summed E-state index contributed by atoms with van der Waals surface area (Å²) in [7, 11) is -3.65. The molecule has 0 saturated heterocycles. The lowest BCUT2D eigenvalue weighted by atomic mass is 10.1. The molecule has 0 aliphatic heterocycles. The highest BCUT2D eigenvalue weighted by atomic mass is 35.5. The predicted octanol–water partition coefficient (Wildman–Crippen LogP) is 5.66. The van der Waals surface area contributed by atoms with E-state index in [0.717, 1.165) is 19.1 Å². The Morgan fingerprint density at radius 2 is 1.67 bits per heavy atom. The number of benzene rings is 2. The Morgan fingerprint density at radius 1 is 1.00 bits per heavy atom. The molecule has 216 valence electrons. The molecule has 2 aromatic rings. The van der Waals surface area contributed by atoms with Crippen LogP contribution >= 0.6 is 23.2 Å². The Morgan fingerprint density at radius 3 is 2.26 bits per heavy atom. The van der Waals surface area contributed by atoms with Crippen molar-refractivity contribution in [1.29, 1.82) is 0 Å². The maximum absolute atomic E-state index is 13.6. The van der Waals surface area contributed by atoms with Gasteiger partial charge in [-0.25, -0.2) is 8.42 Å². The first-order valence-corrected chi connectivity index (χ1v) is 15.8. The fourth-order valence-electron chi connectivity index (χ4n) is 4.20. The number of unbranched alkanes of at least 4 members (excludes halogenated alkanes) is 1. The highest BCUT2D eigenvalue weighted by Crippen LogP contribution is 2.31. The van der Waals surface area contributed by atoms with E-state index in [9.17, 15) is 18.0 Å². The van der Waals surface area contributed by atoms with Crippen LogP contribution in [0.4, 0.5) is 5.69 Å². The second-order valence-electron chi connectivity index (χ2n) is 9.13.